The predicted octanol–water partition coefficient (Wildman–Crippen LogP) is 3.06. The van der Waals surface area contributed by atoms with Crippen molar-refractivity contribution in [3.05, 3.63) is 29.3 Å². The Morgan fingerprint density at radius 3 is 2.91 bits per heavy atom. The van der Waals surface area contributed by atoms with Gasteiger partial charge in [-0.1, -0.05) is 17.7 Å². The van der Waals surface area contributed by atoms with Gasteiger partial charge >= 0.3 is 0 Å². The van der Waals surface area contributed by atoms with E-state index in [1.165, 1.54) is 5.56 Å². The van der Waals surface area contributed by atoms with Crippen molar-refractivity contribution in [1.29, 1.82) is 0 Å². The zero-order valence-corrected chi connectivity index (χ0v) is 14.7. The normalized spacial score (nSPS) is 27.0. The minimum atomic E-state index is -0.260. The summed E-state index contributed by atoms with van der Waals surface area (Å²) < 4.78 is 6.09. The number of benzene rings is 1. The average molecular weight is 316 g/mol. The molecule has 2 heterocycles. The molecule has 1 aromatic rings. The number of hydrogen-bond donors (Lipinski definition) is 1. The summed E-state index contributed by atoms with van der Waals surface area (Å²) in [6.07, 6.45) is 2.89. The van der Waals surface area contributed by atoms with Crippen molar-refractivity contribution >= 4 is 5.91 Å². The van der Waals surface area contributed by atoms with Crippen molar-refractivity contribution in [2.75, 3.05) is 20.1 Å². The molecule has 3 rings (SSSR count). The minimum Gasteiger partial charge on any atom is -0.487 e. The maximum Gasteiger partial charge on any atom is 0.224 e. The zero-order valence-electron chi connectivity index (χ0n) is 14.7. The van der Waals surface area contributed by atoms with Crippen LogP contribution in [0.2, 0.25) is 0 Å². The third kappa shape index (κ3) is 3.69. The fourth-order valence-electron chi connectivity index (χ4n) is 3.77. The monoisotopic (exact) mass is 316 g/mol. The van der Waals surface area contributed by atoms with Gasteiger partial charge in [-0.05, 0) is 53.3 Å². The van der Waals surface area contributed by atoms with E-state index < -0.39 is 0 Å². The second-order valence-corrected chi connectivity index (χ2v) is 7.77. The van der Waals surface area contributed by atoms with E-state index in [4.69, 9.17) is 4.74 Å². The molecule has 2 aliphatic rings. The lowest BCUT2D eigenvalue weighted by Crippen LogP contribution is -2.46. The Morgan fingerprint density at radius 1 is 1.39 bits per heavy atom. The highest BCUT2D eigenvalue weighted by atomic mass is 16.5. The van der Waals surface area contributed by atoms with E-state index in [1.807, 2.05) is 6.07 Å². The Balaban J connectivity index is 1.79. The van der Waals surface area contributed by atoms with E-state index in [0.29, 0.717) is 0 Å². The van der Waals surface area contributed by atoms with Crippen LogP contribution in [0.25, 0.3) is 0 Å². The van der Waals surface area contributed by atoms with E-state index in [1.54, 1.807) is 0 Å². The van der Waals surface area contributed by atoms with Crippen LogP contribution >= 0.6 is 0 Å². The number of hydrogen-bond acceptors (Lipinski definition) is 3. The van der Waals surface area contributed by atoms with Crippen LogP contribution in [0.15, 0.2) is 18.2 Å². The summed E-state index contributed by atoms with van der Waals surface area (Å²) in [4.78, 5) is 15.0. The molecule has 1 fully saturated rings. The maximum absolute atomic E-state index is 12.7. The number of carbonyl (C=O) groups is 1. The summed E-state index contributed by atoms with van der Waals surface area (Å²) in [5, 5.41) is 3.30. The first kappa shape index (κ1) is 16.3. The van der Waals surface area contributed by atoms with Crippen molar-refractivity contribution in [2.24, 2.45) is 5.92 Å². The number of nitrogens with one attached hydrogen (secondary N) is 1. The molecule has 2 atom stereocenters. The zero-order chi connectivity index (χ0) is 16.6. The third-order valence-electron chi connectivity index (χ3n) is 4.93. The topological polar surface area (TPSA) is 41.6 Å². The number of piperidine rings is 1. The molecule has 0 spiro atoms. The molecule has 2 aliphatic heterocycles. The number of carbonyl (C=O) groups excluding carboxylic acids is 1. The van der Waals surface area contributed by atoms with Gasteiger partial charge in [-0.25, -0.2) is 0 Å². The molecule has 1 N–H and O–H groups in total. The first-order chi connectivity index (χ1) is 10.8. The molecular formula is C19H28N2O2. The summed E-state index contributed by atoms with van der Waals surface area (Å²) in [6, 6.07) is 6.27. The van der Waals surface area contributed by atoms with Crippen LogP contribution in [-0.4, -0.2) is 36.5 Å². The molecule has 4 heteroatoms. The summed E-state index contributed by atoms with van der Waals surface area (Å²) in [6.45, 7) is 8.21. The van der Waals surface area contributed by atoms with Crippen molar-refractivity contribution in [2.45, 2.75) is 51.7 Å². The predicted molar refractivity (Wildman–Crippen MR) is 91.6 cm³/mol. The van der Waals surface area contributed by atoms with Gasteiger partial charge in [0.05, 0.1) is 12.0 Å². The number of fused-ring (bicyclic) bond motifs is 1. The molecule has 1 amide bonds. The van der Waals surface area contributed by atoms with Gasteiger partial charge in [-0.2, -0.15) is 0 Å². The molecule has 1 aromatic carbocycles. The van der Waals surface area contributed by atoms with Crippen LogP contribution in [0, 0.1) is 12.8 Å². The molecule has 0 radical (unpaired) electrons. The van der Waals surface area contributed by atoms with Gasteiger partial charge in [-0.15, -0.1) is 0 Å². The molecule has 0 aromatic heterocycles. The van der Waals surface area contributed by atoms with Gasteiger partial charge in [-0.3, -0.25) is 4.79 Å². The Morgan fingerprint density at radius 2 is 2.17 bits per heavy atom. The van der Waals surface area contributed by atoms with E-state index in [9.17, 15) is 4.79 Å². The van der Waals surface area contributed by atoms with Gasteiger partial charge in [0.2, 0.25) is 5.91 Å². The lowest BCUT2D eigenvalue weighted by Gasteiger charge is -2.39. The largest absolute Gasteiger partial charge is 0.487 e. The minimum absolute atomic E-state index is 0.0355. The SMILES string of the molecule is Cc1ccc2c(c1)[C@@H](NC(=O)[C@H]1CCCN(C)C1)CC(C)(C)O2. The van der Waals surface area contributed by atoms with E-state index in [0.717, 1.165) is 43.7 Å². The summed E-state index contributed by atoms with van der Waals surface area (Å²) in [5.41, 5.74) is 2.05. The molecule has 4 nitrogen and oxygen atoms in total. The van der Waals surface area contributed by atoms with Crippen molar-refractivity contribution in [3.63, 3.8) is 0 Å². The maximum atomic E-state index is 12.7. The Hall–Kier alpha value is -1.55. The van der Waals surface area contributed by atoms with Crippen molar-refractivity contribution in [1.82, 2.24) is 10.2 Å². The van der Waals surface area contributed by atoms with Crippen LogP contribution in [-0.2, 0) is 4.79 Å². The van der Waals surface area contributed by atoms with Gasteiger partial charge in [0, 0.05) is 18.5 Å². The van der Waals surface area contributed by atoms with Crippen molar-refractivity contribution < 1.29 is 9.53 Å². The highest BCUT2D eigenvalue weighted by Crippen LogP contribution is 2.40. The van der Waals surface area contributed by atoms with Crippen LogP contribution in [0.1, 0.15) is 50.3 Å². The molecule has 0 bridgehead atoms. The highest BCUT2D eigenvalue weighted by Gasteiger charge is 2.36. The highest BCUT2D eigenvalue weighted by molar-refractivity contribution is 5.79. The molecule has 23 heavy (non-hydrogen) atoms. The molecule has 1 saturated heterocycles. The first-order valence-corrected chi connectivity index (χ1v) is 8.62. The van der Waals surface area contributed by atoms with E-state index >= 15 is 0 Å². The second kappa shape index (κ2) is 6.16. The van der Waals surface area contributed by atoms with Crippen LogP contribution in [0.5, 0.6) is 5.75 Å². The Labute approximate surface area is 139 Å². The quantitative estimate of drug-likeness (QED) is 0.912. The third-order valence-corrected chi connectivity index (χ3v) is 4.93. The number of amides is 1. The lowest BCUT2D eigenvalue weighted by molar-refractivity contribution is -0.127. The number of nitrogens with zero attached hydrogens (tertiary/aromatic N) is 1. The Kier molecular flexibility index (Phi) is 4.37. The number of aryl methyl sites for hydroxylation is 1. The van der Waals surface area contributed by atoms with Crippen LogP contribution in [0.4, 0.5) is 0 Å². The smallest absolute Gasteiger partial charge is 0.224 e. The average Bonchev–Trinajstić information content (AvgIpc) is 2.47. The summed E-state index contributed by atoms with van der Waals surface area (Å²) >= 11 is 0. The van der Waals surface area contributed by atoms with Crippen molar-refractivity contribution in [3.8, 4) is 5.75 Å². The first-order valence-electron chi connectivity index (χ1n) is 8.62. The summed E-state index contributed by atoms with van der Waals surface area (Å²) in [5.74, 6) is 1.19. The fraction of sp³-hybridized carbons (Fsp3) is 0.632. The van der Waals surface area contributed by atoms with Gasteiger partial charge in [0.25, 0.3) is 0 Å². The standard InChI is InChI=1S/C19H28N2O2/c1-13-7-8-17-15(10-13)16(11-19(2,3)23-17)20-18(22)14-6-5-9-21(4)12-14/h7-8,10,14,16H,5-6,9,11-12H2,1-4H3,(H,20,22)/t14-,16-/m0/s1. The van der Waals surface area contributed by atoms with Crippen LogP contribution < -0.4 is 10.1 Å². The lowest BCUT2D eigenvalue weighted by atomic mass is 9.88. The van der Waals surface area contributed by atoms with E-state index in [-0.39, 0.29) is 23.5 Å². The van der Waals surface area contributed by atoms with E-state index in [2.05, 4.69) is 50.2 Å². The molecule has 0 aliphatic carbocycles. The van der Waals surface area contributed by atoms with Crippen LogP contribution in [0.3, 0.4) is 0 Å². The fourth-order valence-corrected chi connectivity index (χ4v) is 3.77. The number of likely N-dealkylation sites (tertiary alicyclic amines) is 1. The molecular weight excluding hydrogens is 288 g/mol. The summed E-state index contributed by atoms with van der Waals surface area (Å²) in [7, 11) is 2.09. The Bertz CT molecular complexity index is 597. The number of rotatable bonds is 2. The van der Waals surface area contributed by atoms with Gasteiger partial charge in [0.1, 0.15) is 11.4 Å². The molecule has 0 saturated carbocycles. The molecule has 0 unspecified atom stereocenters. The number of ether oxygens (including phenoxy) is 1. The molecule has 126 valence electrons. The van der Waals surface area contributed by atoms with Gasteiger partial charge < -0.3 is 15.0 Å². The second-order valence-electron chi connectivity index (χ2n) is 7.77. The van der Waals surface area contributed by atoms with Gasteiger partial charge in [0.15, 0.2) is 0 Å².